The van der Waals surface area contributed by atoms with E-state index in [1.54, 1.807) is 12.4 Å². The summed E-state index contributed by atoms with van der Waals surface area (Å²) in [6.07, 6.45) is 1.18. The first-order valence-corrected chi connectivity index (χ1v) is 10.6. The predicted octanol–water partition coefficient (Wildman–Crippen LogP) is -1.62. The lowest BCUT2D eigenvalue weighted by Gasteiger charge is -2.44. The van der Waals surface area contributed by atoms with Gasteiger partial charge in [-0.15, -0.1) is 0 Å². The summed E-state index contributed by atoms with van der Waals surface area (Å²) in [7, 11) is 0. The molecule has 3 aliphatic heterocycles. The maximum atomic E-state index is 12.6. The van der Waals surface area contributed by atoms with E-state index >= 15 is 0 Å². The van der Waals surface area contributed by atoms with Gasteiger partial charge in [0.15, 0.2) is 12.2 Å². The number of nitrogens with one attached hydrogen (secondary N) is 1. The van der Waals surface area contributed by atoms with E-state index in [-0.39, 0.29) is 18.6 Å². The van der Waals surface area contributed by atoms with Crippen LogP contribution in [0.2, 0.25) is 0 Å². The van der Waals surface area contributed by atoms with Crippen molar-refractivity contribution in [1.82, 2.24) is 19.6 Å². The van der Waals surface area contributed by atoms with Crippen molar-refractivity contribution in [3.05, 3.63) is 35.9 Å². The van der Waals surface area contributed by atoms with E-state index in [0.717, 1.165) is 43.7 Å². The Morgan fingerprint density at radius 1 is 1.12 bits per heavy atom. The van der Waals surface area contributed by atoms with E-state index in [2.05, 4.69) is 27.0 Å². The second-order valence-corrected chi connectivity index (χ2v) is 8.03. The Labute approximate surface area is 194 Å². The molecule has 3 fully saturated rings. The summed E-state index contributed by atoms with van der Waals surface area (Å²) in [6, 6.07) is 3.97. The van der Waals surface area contributed by atoms with Crippen LogP contribution in [0, 0.1) is 17.8 Å². The summed E-state index contributed by atoms with van der Waals surface area (Å²) in [5, 5.41) is 44.5. The molecule has 6 N–H and O–H groups in total. The molecule has 3 saturated heterocycles. The summed E-state index contributed by atoms with van der Waals surface area (Å²) >= 11 is 0. The monoisotopic (exact) mass is 474 g/mol. The Hall–Kier alpha value is -3.50. The summed E-state index contributed by atoms with van der Waals surface area (Å²) < 4.78 is 1.83. The van der Waals surface area contributed by atoms with Gasteiger partial charge in [0.05, 0.1) is 17.4 Å². The first kappa shape index (κ1) is 25.1. The maximum Gasteiger partial charge on any atom is 0.335 e. The molecular formula is C22H26N4O8. The molecule has 1 amide bonds. The fourth-order valence-corrected chi connectivity index (χ4v) is 3.99. The normalized spacial score (nSPS) is 22.5. The molecule has 2 aromatic rings. The Balaban J connectivity index is 0.000000277. The number of carboxylic acids is 2. The zero-order valence-electron chi connectivity index (χ0n) is 18.2. The molecule has 0 radical (unpaired) electrons. The standard InChI is InChI=1S/C18H20N4O2.C4H6O6/c23-9-1-2-14-3-4-15-10-19-17(12-22(14)15)18(24)20-16-11-21-7-5-13(16)6-8-21;5-1(3(7)8)2(6)4(9)10/h3-4,10,12-13,16,23H,5-9,11H2,(H,20,24);1-2,5-6H,(H,7,8)(H,9,10)/t16-;/m0./s1. The molecule has 0 saturated carbocycles. The average Bonchev–Trinajstić information content (AvgIpc) is 3.25. The summed E-state index contributed by atoms with van der Waals surface area (Å²) in [5.41, 5.74) is 2.00. The minimum absolute atomic E-state index is 0.134. The van der Waals surface area contributed by atoms with Gasteiger partial charge >= 0.3 is 11.9 Å². The number of nitrogens with zero attached hydrogens (tertiary/aromatic N) is 3. The number of aromatic nitrogens is 2. The van der Waals surface area contributed by atoms with Crippen molar-refractivity contribution in [2.45, 2.75) is 31.1 Å². The second-order valence-electron chi connectivity index (χ2n) is 8.03. The average molecular weight is 474 g/mol. The lowest BCUT2D eigenvalue weighted by molar-refractivity contribution is -0.165. The molecule has 34 heavy (non-hydrogen) atoms. The molecule has 12 nitrogen and oxygen atoms in total. The highest BCUT2D eigenvalue weighted by molar-refractivity contribution is 5.92. The van der Waals surface area contributed by atoms with Crippen LogP contribution in [0.1, 0.15) is 29.0 Å². The van der Waals surface area contributed by atoms with E-state index in [9.17, 15) is 14.4 Å². The molecule has 3 aliphatic rings. The highest BCUT2D eigenvalue weighted by Gasteiger charge is 2.35. The molecule has 5 rings (SSSR count). The van der Waals surface area contributed by atoms with Gasteiger partial charge < -0.3 is 40.2 Å². The topological polar surface area (TPSA) is 185 Å². The van der Waals surface area contributed by atoms with E-state index < -0.39 is 24.1 Å². The van der Waals surface area contributed by atoms with Crippen LogP contribution in [0.3, 0.4) is 0 Å². The number of carbonyl (C=O) groups excluding carboxylic acids is 1. The van der Waals surface area contributed by atoms with E-state index in [4.69, 9.17) is 25.5 Å². The van der Waals surface area contributed by atoms with Gasteiger partial charge in [-0.05, 0) is 49.9 Å². The zero-order valence-corrected chi connectivity index (χ0v) is 18.2. The van der Waals surface area contributed by atoms with Crippen LogP contribution >= 0.6 is 0 Å². The van der Waals surface area contributed by atoms with Crippen molar-refractivity contribution < 1.29 is 39.9 Å². The van der Waals surface area contributed by atoms with Gasteiger partial charge in [0.1, 0.15) is 12.3 Å². The van der Waals surface area contributed by atoms with Crippen molar-refractivity contribution in [1.29, 1.82) is 0 Å². The fourth-order valence-electron chi connectivity index (χ4n) is 3.99. The smallest absolute Gasteiger partial charge is 0.335 e. The van der Waals surface area contributed by atoms with Gasteiger partial charge in [0.25, 0.3) is 5.91 Å². The fraction of sp³-hybridized carbons (Fsp3) is 0.455. The van der Waals surface area contributed by atoms with E-state index in [1.807, 2.05) is 16.5 Å². The van der Waals surface area contributed by atoms with Crippen molar-refractivity contribution in [2.24, 2.45) is 5.92 Å². The van der Waals surface area contributed by atoms with Crippen molar-refractivity contribution in [3.63, 3.8) is 0 Å². The molecule has 5 heterocycles. The largest absolute Gasteiger partial charge is 0.479 e. The van der Waals surface area contributed by atoms with E-state index in [0.29, 0.717) is 11.6 Å². The van der Waals surface area contributed by atoms with Crippen LogP contribution in [0.25, 0.3) is 5.52 Å². The highest BCUT2D eigenvalue weighted by atomic mass is 16.4. The van der Waals surface area contributed by atoms with Crippen LogP contribution < -0.4 is 5.32 Å². The molecule has 2 bridgehead atoms. The third-order valence-electron chi connectivity index (χ3n) is 5.84. The predicted molar refractivity (Wildman–Crippen MR) is 117 cm³/mol. The molecule has 2 unspecified atom stereocenters. The number of hydrogen-bond donors (Lipinski definition) is 6. The van der Waals surface area contributed by atoms with Gasteiger partial charge in [0.2, 0.25) is 0 Å². The summed E-state index contributed by atoms with van der Waals surface area (Å²) in [6.45, 7) is 3.05. The van der Waals surface area contributed by atoms with Crippen LogP contribution in [-0.4, -0.2) is 102 Å². The number of carbonyl (C=O) groups is 3. The minimum atomic E-state index is -2.27. The third-order valence-corrected chi connectivity index (χ3v) is 5.84. The lowest BCUT2D eigenvalue weighted by atomic mass is 9.84. The number of aliphatic carboxylic acids is 2. The van der Waals surface area contributed by atoms with Crippen LogP contribution in [0.15, 0.2) is 24.5 Å². The zero-order chi connectivity index (χ0) is 24.8. The summed E-state index contributed by atoms with van der Waals surface area (Å²) in [4.78, 5) is 38.8. The number of fused-ring (bicyclic) bond motifs is 4. The van der Waals surface area contributed by atoms with Crippen LogP contribution in [0.5, 0.6) is 0 Å². The molecule has 3 atom stereocenters. The molecule has 2 aromatic heterocycles. The van der Waals surface area contributed by atoms with Crippen LogP contribution in [0.4, 0.5) is 0 Å². The second kappa shape index (κ2) is 11.1. The number of piperidine rings is 3. The Morgan fingerprint density at radius 2 is 1.76 bits per heavy atom. The molecule has 182 valence electrons. The molecular weight excluding hydrogens is 448 g/mol. The number of hydrogen-bond acceptors (Lipinski definition) is 8. The number of carboxylic acid groups (broad SMARTS) is 2. The molecule has 12 heteroatoms. The maximum absolute atomic E-state index is 12.6. The van der Waals surface area contributed by atoms with Crippen molar-refractivity contribution in [3.8, 4) is 11.8 Å². The molecule has 0 aliphatic carbocycles. The quantitative estimate of drug-likeness (QED) is 0.275. The van der Waals surface area contributed by atoms with E-state index in [1.165, 1.54) is 0 Å². The van der Waals surface area contributed by atoms with Crippen molar-refractivity contribution >= 4 is 23.4 Å². The number of aliphatic hydroxyl groups is 3. The van der Waals surface area contributed by atoms with Gasteiger partial charge in [0, 0.05) is 18.8 Å². The van der Waals surface area contributed by atoms with Gasteiger partial charge in [-0.25, -0.2) is 14.6 Å². The first-order chi connectivity index (χ1) is 16.2. The number of amides is 1. The minimum Gasteiger partial charge on any atom is -0.479 e. The summed E-state index contributed by atoms with van der Waals surface area (Å²) in [5.74, 6) is 2.43. The highest BCUT2D eigenvalue weighted by Crippen LogP contribution is 2.27. The lowest BCUT2D eigenvalue weighted by Crippen LogP contribution is -2.57. The van der Waals surface area contributed by atoms with Gasteiger partial charge in [-0.1, -0.05) is 5.92 Å². The molecule has 0 spiro atoms. The van der Waals surface area contributed by atoms with Gasteiger partial charge in [-0.3, -0.25) is 4.79 Å². The molecule has 0 aromatic carbocycles. The number of rotatable bonds is 5. The van der Waals surface area contributed by atoms with Crippen molar-refractivity contribution in [2.75, 3.05) is 26.2 Å². The Bertz CT molecular complexity index is 1100. The Morgan fingerprint density at radius 3 is 2.29 bits per heavy atom. The Kier molecular flexibility index (Phi) is 8.19. The third kappa shape index (κ3) is 5.89. The first-order valence-electron chi connectivity index (χ1n) is 10.6. The van der Waals surface area contributed by atoms with Crippen LogP contribution in [-0.2, 0) is 9.59 Å². The SMILES string of the molecule is O=C(N[C@H]1CN2CCC1CC2)c1cn2c(C#CCO)ccc2cn1.O=C(O)C(O)C(O)C(=O)O. The number of aliphatic hydroxyl groups excluding tert-OH is 3. The van der Waals surface area contributed by atoms with Gasteiger partial charge in [-0.2, -0.15) is 0 Å².